The first-order valence-corrected chi connectivity index (χ1v) is 10.3. The van der Waals surface area contributed by atoms with E-state index in [0.717, 1.165) is 10.6 Å². The van der Waals surface area contributed by atoms with Crippen LogP contribution < -0.4 is 5.32 Å². The molecule has 0 aliphatic rings. The molecule has 0 aliphatic carbocycles. The van der Waals surface area contributed by atoms with E-state index in [1.165, 1.54) is 33.2 Å². The molecular weight excluding hydrogens is 380 g/mol. The molecule has 0 fully saturated rings. The standard InChI is InChI=1S/C19H20N4O2S2/c1-12(2)14-6-8-15(9-7-14)20-18(25)13(3)27-19-22-21-17(23(19)11-24)16-5-4-10-26-16/h4-13H,1-3H3,(H,20,25). The van der Waals surface area contributed by atoms with Gasteiger partial charge in [0.2, 0.25) is 12.3 Å². The van der Waals surface area contributed by atoms with E-state index < -0.39 is 5.25 Å². The average molecular weight is 401 g/mol. The SMILES string of the molecule is CC(Sc1nnc(-c2cccs2)n1C=O)C(=O)Nc1ccc(C(C)C)cc1. The zero-order valence-electron chi connectivity index (χ0n) is 15.2. The number of nitrogens with zero attached hydrogens (tertiary/aromatic N) is 3. The van der Waals surface area contributed by atoms with Gasteiger partial charge in [-0.25, -0.2) is 4.57 Å². The number of thioether (sulfide) groups is 1. The first-order chi connectivity index (χ1) is 13.0. The predicted octanol–water partition coefficient (Wildman–Crippen LogP) is 4.29. The smallest absolute Gasteiger partial charge is 0.237 e. The summed E-state index contributed by atoms with van der Waals surface area (Å²) in [5, 5.41) is 12.9. The van der Waals surface area contributed by atoms with Gasteiger partial charge in [0.15, 0.2) is 11.0 Å². The van der Waals surface area contributed by atoms with E-state index in [2.05, 4.69) is 29.4 Å². The van der Waals surface area contributed by atoms with Crippen LogP contribution >= 0.6 is 23.1 Å². The Bertz CT molecular complexity index is 918. The molecule has 1 aromatic carbocycles. The summed E-state index contributed by atoms with van der Waals surface area (Å²) < 4.78 is 1.37. The number of carbonyl (C=O) groups is 2. The third-order valence-corrected chi connectivity index (χ3v) is 5.93. The maximum Gasteiger partial charge on any atom is 0.237 e. The number of amides is 1. The van der Waals surface area contributed by atoms with E-state index in [9.17, 15) is 9.59 Å². The van der Waals surface area contributed by atoms with Crippen LogP contribution in [-0.4, -0.2) is 32.3 Å². The zero-order valence-corrected chi connectivity index (χ0v) is 16.9. The molecule has 3 rings (SSSR count). The summed E-state index contributed by atoms with van der Waals surface area (Å²) in [7, 11) is 0. The van der Waals surface area contributed by atoms with E-state index in [0.29, 0.717) is 23.3 Å². The summed E-state index contributed by atoms with van der Waals surface area (Å²) in [6, 6.07) is 11.6. The molecule has 0 bridgehead atoms. The molecule has 140 valence electrons. The van der Waals surface area contributed by atoms with Crippen molar-refractivity contribution in [2.24, 2.45) is 0 Å². The van der Waals surface area contributed by atoms with Gasteiger partial charge in [-0.3, -0.25) is 9.59 Å². The number of hydrogen-bond donors (Lipinski definition) is 1. The van der Waals surface area contributed by atoms with E-state index in [1.807, 2.05) is 41.8 Å². The Morgan fingerprint density at radius 3 is 2.52 bits per heavy atom. The lowest BCUT2D eigenvalue weighted by atomic mass is 10.0. The van der Waals surface area contributed by atoms with E-state index in [-0.39, 0.29) is 5.91 Å². The van der Waals surface area contributed by atoms with Crippen LogP contribution in [0.25, 0.3) is 10.7 Å². The largest absolute Gasteiger partial charge is 0.325 e. The Morgan fingerprint density at radius 1 is 1.19 bits per heavy atom. The van der Waals surface area contributed by atoms with E-state index in [1.54, 1.807) is 6.92 Å². The van der Waals surface area contributed by atoms with Crippen LogP contribution in [0, 0.1) is 0 Å². The number of benzene rings is 1. The van der Waals surface area contributed by atoms with Gasteiger partial charge in [-0.1, -0.05) is 43.8 Å². The average Bonchev–Trinajstić information content (AvgIpc) is 3.31. The Morgan fingerprint density at radius 2 is 1.93 bits per heavy atom. The highest BCUT2D eigenvalue weighted by atomic mass is 32.2. The summed E-state index contributed by atoms with van der Waals surface area (Å²) in [4.78, 5) is 24.9. The molecule has 0 saturated carbocycles. The summed E-state index contributed by atoms with van der Waals surface area (Å²) in [5.41, 5.74) is 1.96. The van der Waals surface area contributed by atoms with Crippen molar-refractivity contribution in [3.8, 4) is 10.7 Å². The second-order valence-electron chi connectivity index (χ2n) is 6.28. The van der Waals surface area contributed by atoms with Crippen LogP contribution in [0.5, 0.6) is 0 Å². The van der Waals surface area contributed by atoms with Crippen LogP contribution in [0.4, 0.5) is 5.69 Å². The fraction of sp³-hybridized carbons (Fsp3) is 0.263. The second kappa shape index (κ2) is 8.49. The van der Waals surface area contributed by atoms with Gasteiger partial charge in [-0.2, -0.15) is 0 Å². The van der Waals surface area contributed by atoms with Crippen LogP contribution in [0.1, 0.15) is 32.3 Å². The molecule has 1 N–H and O–H groups in total. The monoisotopic (exact) mass is 400 g/mol. The number of carbonyl (C=O) groups excluding carboxylic acids is 2. The fourth-order valence-electron chi connectivity index (χ4n) is 2.43. The van der Waals surface area contributed by atoms with Gasteiger partial charge < -0.3 is 5.32 Å². The van der Waals surface area contributed by atoms with Crippen molar-refractivity contribution in [1.82, 2.24) is 14.8 Å². The molecule has 0 spiro atoms. The summed E-state index contributed by atoms with van der Waals surface area (Å²) in [6.45, 7) is 6.02. The zero-order chi connectivity index (χ0) is 19.4. The molecular formula is C19H20N4O2S2. The van der Waals surface area contributed by atoms with Gasteiger partial charge >= 0.3 is 0 Å². The minimum atomic E-state index is -0.436. The summed E-state index contributed by atoms with van der Waals surface area (Å²) in [6.07, 6.45) is 0.673. The molecule has 0 radical (unpaired) electrons. The third kappa shape index (κ3) is 4.45. The molecule has 1 atom stereocenters. The molecule has 8 heteroatoms. The van der Waals surface area contributed by atoms with Gasteiger partial charge in [-0.05, 0) is 42.0 Å². The maximum absolute atomic E-state index is 12.5. The molecule has 2 heterocycles. The lowest BCUT2D eigenvalue weighted by molar-refractivity contribution is -0.115. The van der Waals surface area contributed by atoms with Crippen molar-refractivity contribution in [3.05, 3.63) is 47.3 Å². The molecule has 0 saturated heterocycles. The van der Waals surface area contributed by atoms with Gasteiger partial charge in [0.1, 0.15) is 0 Å². The van der Waals surface area contributed by atoms with Gasteiger partial charge in [-0.15, -0.1) is 21.5 Å². The van der Waals surface area contributed by atoms with Crippen molar-refractivity contribution in [2.45, 2.75) is 37.1 Å². The van der Waals surface area contributed by atoms with Crippen LogP contribution in [0.3, 0.4) is 0 Å². The second-order valence-corrected chi connectivity index (χ2v) is 8.54. The highest BCUT2D eigenvalue weighted by molar-refractivity contribution is 8.00. The number of nitrogens with one attached hydrogen (secondary N) is 1. The first kappa shape index (κ1) is 19.3. The topological polar surface area (TPSA) is 76.9 Å². The highest BCUT2D eigenvalue weighted by Crippen LogP contribution is 2.28. The number of rotatable bonds is 7. The predicted molar refractivity (Wildman–Crippen MR) is 110 cm³/mol. The Kier molecular flexibility index (Phi) is 6.08. The van der Waals surface area contributed by atoms with Gasteiger partial charge in [0.05, 0.1) is 10.1 Å². The molecule has 0 aliphatic heterocycles. The molecule has 3 aromatic rings. The Hall–Kier alpha value is -2.45. The van der Waals surface area contributed by atoms with Crippen molar-refractivity contribution < 1.29 is 9.59 Å². The van der Waals surface area contributed by atoms with E-state index in [4.69, 9.17) is 0 Å². The lowest BCUT2D eigenvalue weighted by Gasteiger charge is -2.12. The Balaban J connectivity index is 1.69. The van der Waals surface area contributed by atoms with Crippen molar-refractivity contribution in [2.75, 3.05) is 5.32 Å². The first-order valence-electron chi connectivity index (χ1n) is 8.51. The van der Waals surface area contributed by atoms with E-state index >= 15 is 0 Å². The van der Waals surface area contributed by atoms with Crippen molar-refractivity contribution in [3.63, 3.8) is 0 Å². The van der Waals surface area contributed by atoms with Crippen molar-refractivity contribution in [1.29, 1.82) is 0 Å². The number of hydrogen-bond acceptors (Lipinski definition) is 6. The van der Waals surface area contributed by atoms with Gasteiger partial charge in [0, 0.05) is 5.69 Å². The summed E-state index contributed by atoms with van der Waals surface area (Å²) >= 11 is 2.68. The molecule has 2 aromatic heterocycles. The number of thiophene rings is 1. The minimum absolute atomic E-state index is 0.157. The molecule has 1 amide bonds. The van der Waals surface area contributed by atoms with Crippen LogP contribution in [0.15, 0.2) is 46.9 Å². The molecule has 6 nitrogen and oxygen atoms in total. The Labute approximate surface area is 166 Å². The highest BCUT2D eigenvalue weighted by Gasteiger charge is 2.21. The van der Waals surface area contributed by atoms with Crippen LogP contribution in [-0.2, 0) is 9.59 Å². The lowest BCUT2D eigenvalue weighted by Crippen LogP contribution is -2.23. The van der Waals surface area contributed by atoms with Crippen molar-refractivity contribution >= 4 is 41.1 Å². The number of aromatic nitrogens is 3. The normalized spacial score (nSPS) is 12.1. The molecule has 27 heavy (non-hydrogen) atoms. The maximum atomic E-state index is 12.5. The summed E-state index contributed by atoms with van der Waals surface area (Å²) in [5.74, 6) is 0.770. The van der Waals surface area contributed by atoms with Crippen LogP contribution in [0.2, 0.25) is 0 Å². The third-order valence-electron chi connectivity index (χ3n) is 4.01. The quantitative estimate of drug-likeness (QED) is 0.473. The minimum Gasteiger partial charge on any atom is -0.325 e. The number of anilines is 1. The molecule has 1 unspecified atom stereocenters. The fourth-order valence-corrected chi connectivity index (χ4v) is 3.95. The van der Waals surface area contributed by atoms with Gasteiger partial charge in [0.25, 0.3) is 0 Å².